The maximum atomic E-state index is 11.5. The van der Waals surface area contributed by atoms with E-state index in [1.54, 1.807) is 12.5 Å². The number of esters is 1. The minimum atomic E-state index is -0.108. The summed E-state index contributed by atoms with van der Waals surface area (Å²) in [6.45, 7) is 6.69. The van der Waals surface area contributed by atoms with E-state index in [4.69, 9.17) is 4.74 Å². The van der Waals surface area contributed by atoms with Crippen molar-refractivity contribution in [1.82, 2.24) is 0 Å². The molecule has 0 heterocycles. The highest BCUT2D eigenvalue weighted by Gasteiger charge is 2.58. The molecule has 1 aromatic carbocycles. The first kappa shape index (κ1) is 21.0. The lowest BCUT2D eigenvalue weighted by molar-refractivity contribution is -0.158. The Morgan fingerprint density at radius 2 is 1.81 bits per heavy atom. The molecule has 0 N–H and O–H groups in total. The topological polar surface area (TPSA) is 26.3 Å². The molecule has 31 heavy (non-hydrogen) atoms. The van der Waals surface area contributed by atoms with Crippen LogP contribution in [0, 0.1) is 34.5 Å². The summed E-state index contributed by atoms with van der Waals surface area (Å²) in [5.41, 5.74) is 3.64. The van der Waals surface area contributed by atoms with Gasteiger partial charge < -0.3 is 4.74 Å². The van der Waals surface area contributed by atoms with Gasteiger partial charge in [-0.25, -0.2) is 0 Å². The molecule has 0 saturated heterocycles. The standard InChI is InChI=1S/C29H38O2/c1-20(30)31-24-15-17-29(3)23(19-24)11-13-25-26-14-12-22(28(26,2)18-16-27(25)29)10-9-21-7-5-4-6-8-21/h4-10,12,23-27H,11,13-19H2,1-3H3/b10-9-/t23-,24+,25+,26+,27+,28-,29+/m1/s1. The predicted octanol–water partition coefficient (Wildman–Crippen LogP) is 7.21. The van der Waals surface area contributed by atoms with Crippen LogP contribution in [0.1, 0.15) is 77.7 Å². The van der Waals surface area contributed by atoms with Gasteiger partial charge in [0.1, 0.15) is 6.10 Å². The molecule has 3 fully saturated rings. The molecule has 166 valence electrons. The first-order chi connectivity index (χ1) is 14.9. The smallest absolute Gasteiger partial charge is 0.302 e. The van der Waals surface area contributed by atoms with Gasteiger partial charge in [-0.2, -0.15) is 0 Å². The Morgan fingerprint density at radius 1 is 1.00 bits per heavy atom. The Morgan fingerprint density at radius 3 is 2.58 bits per heavy atom. The number of rotatable bonds is 3. The van der Waals surface area contributed by atoms with E-state index >= 15 is 0 Å². The van der Waals surface area contributed by atoms with E-state index < -0.39 is 0 Å². The van der Waals surface area contributed by atoms with Gasteiger partial charge in [-0.05, 0) is 97.0 Å². The molecule has 0 spiro atoms. The van der Waals surface area contributed by atoms with Gasteiger partial charge in [0.25, 0.3) is 0 Å². The number of hydrogen-bond acceptors (Lipinski definition) is 2. The summed E-state index contributed by atoms with van der Waals surface area (Å²) in [6.07, 6.45) is 17.4. The Kier molecular flexibility index (Phi) is 5.39. The van der Waals surface area contributed by atoms with Gasteiger partial charge in [0.15, 0.2) is 0 Å². The van der Waals surface area contributed by atoms with Gasteiger partial charge in [0, 0.05) is 6.92 Å². The van der Waals surface area contributed by atoms with Crippen LogP contribution in [-0.2, 0) is 9.53 Å². The van der Waals surface area contributed by atoms with Crippen molar-refractivity contribution < 1.29 is 9.53 Å². The maximum absolute atomic E-state index is 11.5. The first-order valence-corrected chi connectivity index (χ1v) is 12.5. The molecule has 0 amide bonds. The molecular weight excluding hydrogens is 380 g/mol. The van der Waals surface area contributed by atoms with Crippen LogP contribution in [0.2, 0.25) is 0 Å². The number of hydrogen-bond donors (Lipinski definition) is 0. The minimum Gasteiger partial charge on any atom is -0.463 e. The molecule has 0 aromatic heterocycles. The monoisotopic (exact) mass is 418 g/mol. The van der Waals surface area contributed by atoms with Gasteiger partial charge >= 0.3 is 5.97 Å². The third-order valence-electron chi connectivity index (χ3n) is 9.85. The summed E-state index contributed by atoms with van der Waals surface area (Å²) in [5, 5.41) is 0. The second kappa shape index (κ2) is 7.94. The molecule has 4 aliphatic carbocycles. The van der Waals surface area contributed by atoms with Crippen molar-refractivity contribution >= 4 is 12.0 Å². The fourth-order valence-electron chi connectivity index (χ4n) is 8.17. The number of fused-ring (bicyclic) bond motifs is 5. The van der Waals surface area contributed by atoms with E-state index in [9.17, 15) is 4.79 Å². The average Bonchev–Trinajstić information content (AvgIpc) is 3.09. The second-order valence-electron chi connectivity index (χ2n) is 11.3. The van der Waals surface area contributed by atoms with Crippen LogP contribution >= 0.6 is 0 Å². The van der Waals surface area contributed by atoms with Gasteiger partial charge in [0.05, 0.1) is 0 Å². The van der Waals surface area contributed by atoms with E-state index in [-0.39, 0.29) is 12.1 Å². The highest BCUT2D eigenvalue weighted by molar-refractivity contribution is 5.66. The van der Waals surface area contributed by atoms with Crippen LogP contribution in [0.3, 0.4) is 0 Å². The summed E-state index contributed by atoms with van der Waals surface area (Å²) in [5.74, 6) is 3.11. The van der Waals surface area contributed by atoms with Crippen LogP contribution in [0.4, 0.5) is 0 Å². The van der Waals surface area contributed by atoms with Gasteiger partial charge in [0.2, 0.25) is 0 Å². The van der Waals surface area contributed by atoms with Crippen LogP contribution in [-0.4, -0.2) is 12.1 Å². The third-order valence-corrected chi connectivity index (χ3v) is 9.85. The summed E-state index contributed by atoms with van der Waals surface area (Å²) in [7, 11) is 0. The number of carbonyl (C=O) groups is 1. The maximum Gasteiger partial charge on any atom is 0.302 e. The molecule has 5 rings (SSSR count). The van der Waals surface area contributed by atoms with E-state index in [1.807, 2.05) is 0 Å². The first-order valence-electron chi connectivity index (χ1n) is 12.5. The van der Waals surface area contributed by atoms with E-state index in [1.165, 1.54) is 44.1 Å². The van der Waals surface area contributed by atoms with Crippen molar-refractivity contribution in [2.45, 2.75) is 78.2 Å². The fourth-order valence-corrected chi connectivity index (χ4v) is 8.17. The molecule has 2 heteroatoms. The fraction of sp³-hybridized carbons (Fsp3) is 0.621. The predicted molar refractivity (Wildman–Crippen MR) is 126 cm³/mol. The van der Waals surface area contributed by atoms with Gasteiger partial charge in [-0.1, -0.05) is 62.4 Å². The molecule has 7 atom stereocenters. The summed E-state index contributed by atoms with van der Waals surface area (Å²) >= 11 is 0. The summed E-state index contributed by atoms with van der Waals surface area (Å²) < 4.78 is 5.63. The zero-order valence-corrected chi connectivity index (χ0v) is 19.5. The van der Waals surface area contributed by atoms with Crippen molar-refractivity contribution in [3.05, 3.63) is 53.6 Å². The van der Waals surface area contributed by atoms with E-state index in [0.29, 0.717) is 10.8 Å². The van der Waals surface area contributed by atoms with Crippen molar-refractivity contribution in [3.63, 3.8) is 0 Å². The van der Waals surface area contributed by atoms with E-state index in [2.05, 4.69) is 62.4 Å². The number of ether oxygens (including phenoxy) is 1. The molecule has 0 unspecified atom stereocenters. The lowest BCUT2D eigenvalue weighted by Gasteiger charge is -2.60. The molecule has 3 saturated carbocycles. The van der Waals surface area contributed by atoms with Gasteiger partial charge in [-0.15, -0.1) is 0 Å². The molecule has 0 radical (unpaired) electrons. The third kappa shape index (κ3) is 3.60. The molecular formula is C29H38O2. The average molecular weight is 419 g/mol. The van der Waals surface area contributed by atoms with Gasteiger partial charge in [-0.3, -0.25) is 4.79 Å². The molecule has 0 aliphatic heterocycles. The SMILES string of the molecule is CC(=O)O[C@H]1CC[C@@]2(C)[C@H](CC[C@@H]3[C@@H]2CC[C@]2(C)C(/C=C\c4ccccc4)=CC[C@@H]32)C1. The summed E-state index contributed by atoms with van der Waals surface area (Å²) in [6, 6.07) is 10.7. The Hall–Kier alpha value is -1.83. The number of benzene rings is 1. The Balaban J connectivity index is 1.32. The lowest BCUT2D eigenvalue weighted by atomic mass is 9.44. The molecule has 0 bridgehead atoms. The van der Waals surface area contributed by atoms with Crippen molar-refractivity contribution in [3.8, 4) is 0 Å². The highest BCUT2D eigenvalue weighted by atomic mass is 16.5. The lowest BCUT2D eigenvalue weighted by Crippen LogP contribution is -2.53. The molecule has 4 aliphatic rings. The largest absolute Gasteiger partial charge is 0.463 e. The second-order valence-corrected chi connectivity index (χ2v) is 11.3. The van der Waals surface area contributed by atoms with E-state index in [0.717, 1.165) is 36.5 Å². The Bertz CT molecular complexity index is 883. The minimum absolute atomic E-state index is 0.108. The number of allylic oxidation sites excluding steroid dienone is 3. The zero-order valence-electron chi connectivity index (χ0n) is 19.5. The zero-order chi connectivity index (χ0) is 21.6. The summed E-state index contributed by atoms with van der Waals surface area (Å²) in [4.78, 5) is 11.5. The van der Waals surface area contributed by atoms with Crippen LogP contribution < -0.4 is 0 Å². The molecule has 2 nitrogen and oxygen atoms in total. The normalized spacial score (nSPS) is 41.8. The molecule has 1 aromatic rings. The van der Waals surface area contributed by atoms with Crippen molar-refractivity contribution in [1.29, 1.82) is 0 Å². The number of carbonyl (C=O) groups excluding carboxylic acids is 1. The van der Waals surface area contributed by atoms with Crippen LogP contribution in [0.15, 0.2) is 48.1 Å². The Labute approximate surface area is 188 Å². The van der Waals surface area contributed by atoms with Crippen LogP contribution in [0.25, 0.3) is 6.08 Å². The highest BCUT2D eigenvalue weighted by Crippen LogP contribution is 2.66. The van der Waals surface area contributed by atoms with Crippen molar-refractivity contribution in [2.24, 2.45) is 34.5 Å². The van der Waals surface area contributed by atoms with Crippen LogP contribution in [0.5, 0.6) is 0 Å². The quantitative estimate of drug-likeness (QED) is 0.485. The van der Waals surface area contributed by atoms with Crippen molar-refractivity contribution in [2.75, 3.05) is 0 Å².